The molecule has 2 fully saturated rings. The van der Waals surface area contributed by atoms with Gasteiger partial charge in [0.15, 0.2) is 0 Å². The minimum absolute atomic E-state index is 0.0978. The Morgan fingerprint density at radius 3 is 2.32 bits per heavy atom. The van der Waals surface area contributed by atoms with E-state index in [1.807, 2.05) is 24.3 Å². The van der Waals surface area contributed by atoms with Gasteiger partial charge in [-0.1, -0.05) is 43.5 Å². The van der Waals surface area contributed by atoms with Gasteiger partial charge < -0.3 is 19.7 Å². The van der Waals surface area contributed by atoms with Crippen molar-refractivity contribution in [3.8, 4) is 11.5 Å². The van der Waals surface area contributed by atoms with Crippen molar-refractivity contribution in [1.29, 1.82) is 0 Å². The Labute approximate surface area is 204 Å². The van der Waals surface area contributed by atoms with Crippen LogP contribution in [-0.2, 0) is 11.2 Å². The van der Waals surface area contributed by atoms with Crippen molar-refractivity contribution < 1.29 is 14.3 Å². The van der Waals surface area contributed by atoms with Gasteiger partial charge in [-0.2, -0.15) is 0 Å². The monoisotopic (exact) mass is 465 g/mol. The molecule has 1 aliphatic carbocycles. The van der Waals surface area contributed by atoms with E-state index in [9.17, 15) is 4.79 Å². The first-order valence-electron chi connectivity index (χ1n) is 12.7. The standard InChI is InChI=1S/C28H39N3O3/c1-33-25-14-12-22(13-15-25)20-24(29-28(32)23-8-4-3-5-9-23)21-30-16-18-31(19-17-30)26-10-6-7-11-27(26)34-2/h6-7,10-15,23-24H,3-5,8-9,16-21H2,1-2H3,(H,29,32). The number of amides is 1. The topological polar surface area (TPSA) is 54.0 Å². The second-order valence-electron chi connectivity index (χ2n) is 9.55. The first kappa shape index (κ1) is 24.4. The molecule has 2 aromatic rings. The summed E-state index contributed by atoms with van der Waals surface area (Å²) >= 11 is 0. The van der Waals surface area contributed by atoms with Crippen molar-refractivity contribution in [2.75, 3.05) is 51.8 Å². The molecule has 184 valence electrons. The number of benzene rings is 2. The summed E-state index contributed by atoms with van der Waals surface area (Å²) < 4.78 is 10.9. The molecular weight excluding hydrogens is 426 g/mol. The first-order chi connectivity index (χ1) is 16.7. The second kappa shape index (κ2) is 12.1. The van der Waals surface area contributed by atoms with Gasteiger partial charge in [-0.3, -0.25) is 9.69 Å². The summed E-state index contributed by atoms with van der Waals surface area (Å²) in [6, 6.07) is 16.5. The molecule has 2 aliphatic rings. The number of anilines is 1. The van der Waals surface area contributed by atoms with Crippen LogP contribution in [0.5, 0.6) is 11.5 Å². The van der Waals surface area contributed by atoms with E-state index in [4.69, 9.17) is 9.47 Å². The van der Waals surface area contributed by atoms with E-state index >= 15 is 0 Å². The minimum atomic E-state index is 0.0978. The van der Waals surface area contributed by atoms with Crippen LogP contribution in [0, 0.1) is 5.92 Å². The summed E-state index contributed by atoms with van der Waals surface area (Å²) in [7, 11) is 3.42. The molecule has 1 heterocycles. The Hall–Kier alpha value is -2.73. The molecule has 1 saturated carbocycles. The molecule has 0 radical (unpaired) electrons. The van der Waals surface area contributed by atoms with Crippen LogP contribution < -0.4 is 19.7 Å². The normalized spacial score (nSPS) is 18.4. The van der Waals surface area contributed by atoms with Crippen molar-refractivity contribution in [1.82, 2.24) is 10.2 Å². The maximum atomic E-state index is 13.1. The lowest BCUT2D eigenvalue weighted by atomic mass is 9.88. The molecule has 2 aromatic carbocycles. The third-order valence-corrected chi connectivity index (χ3v) is 7.24. The van der Waals surface area contributed by atoms with E-state index < -0.39 is 0 Å². The Morgan fingerprint density at radius 1 is 0.941 bits per heavy atom. The molecule has 1 saturated heterocycles. The summed E-state index contributed by atoms with van der Waals surface area (Å²) in [5.41, 5.74) is 2.38. The van der Waals surface area contributed by atoms with Crippen LogP contribution in [0.1, 0.15) is 37.7 Å². The van der Waals surface area contributed by atoms with Gasteiger partial charge in [0.05, 0.1) is 19.9 Å². The van der Waals surface area contributed by atoms with Crippen LogP contribution in [0.15, 0.2) is 48.5 Å². The van der Waals surface area contributed by atoms with Crippen LogP contribution in [-0.4, -0.2) is 63.8 Å². The third-order valence-electron chi connectivity index (χ3n) is 7.24. The fourth-order valence-electron chi connectivity index (χ4n) is 5.27. The van der Waals surface area contributed by atoms with E-state index in [1.165, 1.54) is 24.8 Å². The number of para-hydroxylation sites is 2. The highest BCUT2D eigenvalue weighted by molar-refractivity contribution is 5.79. The number of nitrogens with zero attached hydrogens (tertiary/aromatic N) is 2. The van der Waals surface area contributed by atoms with Crippen molar-refractivity contribution in [2.24, 2.45) is 5.92 Å². The molecule has 1 amide bonds. The molecule has 1 unspecified atom stereocenters. The van der Waals surface area contributed by atoms with Crippen molar-refractivity contribution in [3.05, 3.63) is 54.1 Å². The third kappa shape index (κ3) is 6.44. The minimum Gasteiger partial charge on any atom is -0.497 e. The average Bonchev–Trinajstić information content (AvgIpc) is 2.90. The lowest BCUT2D eigenvalue weighted by molar-refractivity contribution is -0.126. The van der Waals surface area contributed by atoms with Crippen molar-refractivity contribution in [2.45, 2.75) is 44.6 Å². The van der Waals surface area contributed by atoms with Gasteiger partial charge in [0.25, 0.3) is 0 Å². The lowest BCUT2D eigenvalue weighted by Gasteiger charge is -2.38. The number of rotatable bonds is 9. The molecule has 6 nitrogen and oxygen atoms in total. The van der Waals surface area contributed by atoms with Crippen LogP contribution in [0.25, 0.3) is 0 Å². The summed E-state index contributed by atoms with van der Waals surface area (Å²) in [4.78, 5) is 18.0. The van der Waals surface area contributed by atoms with Crippen LogP contribution in [0.2, 0.25) is 0 Å². The highest BCUT2D eigenvalue weighted by atomic mass is 16.5. The van der Waals surface area contributed by atoms with E-state index in [0.29, 0.717) is 0 Å². The second-order valence-corrected chi connectivity index (χ2v) is 9.55. The van der Waals surface area contributed by atoms with Gasteiger partial charge in [0.1, 0.15) is 11.5 Å². The summed E-state index contributed by atoms with van der Waals surface area (Å²) in [6.07, 6.45) is 6.49. The zero-order valence-corrected chi connectivity index (χ0v) is 20.7. The van der Waals surface area contributed by atoms with Crippen LogP contribution >= 0.6 is 0 Å². The number of piperazine rings is 1. The number of hydrogen-bond donors (Lipinski definition) is 1. The zero-order chi connectivity index (χ0) is 23.8. The quantitative estimate of drug-likeness (QED) is 0.603. The van der Waals surface area contributed by atoms with Crippen molar-refractivity contribution in [3.63, 3.8) is 0 Å². The summed E-state index contributed by atoms with van der Waals surface area (Å²) in [5.74, 6) is 2.20. The Bertz CT molecular complexity index is 903. The highest BCUT2D eigenvalue weighted by Gasteiger charge is 2.26. The number of hydrogen-bond acceptors (Lipinski definition) is 5. The van der Waals surface area contributed by atoms with Gasteiger partial charge in [0, 0.05) is 44.7 Å². The lowest BCUT2D eigenvalue weighted by Crippen LogP contribution is -2.53. The van der Waals surface area contributed by atoms with Crippen LogP contribution in [0.4, 0.5) is 5.69 Å². The predicted octanol–water partition coefficient (Wildman–Crippen LogP) is 4.13. The average molecular weight is 466 g/mol. The maximum absolute atomic E-state index is 13.1. The van der Waals surface area contributed by atoms with E-state index in [-0.39, 0.29) is 17.9 Å². The molecule has 0 bridgehead atoms. The predicted molar refractivity (Wildman–Crippen MR) is 137 cm³/mol. The summed E-state index contributed by atoms with van der Waals surface area (Å²) in [6.45, 7) is 4.70. The molecule has 1 atom stereocenters. The van der Waals surface area contributed by atoms with Gasteiger partial charge in [-0.15, -0.1) is 0 Å². The molecule has 4 rings (SSSR count). The molecule has 1 aliphatic heterocycles. The maximum Gasteiger partial charge on any atom is 0.223 e. The Morgan fingerprint density at radius 2 is 1.65 bits per heavy atom. The highest BCUT2D eigenvalue weighted by Crippen LogP contribution is 2.28. The molecule has 0 aromatic heterocycles. The Balaban J connectivity index is 1.38. The van der Waals surface area contributed by atoms with Crippen LogP contribution in [0.3, 0.4) is 0 Å². The first-order valence-corrected chi connectivity index (χ1v) is 12.7. The SMILES string of the molecule is COc1ccc(CC(CN2CCN(c3ccccc3OC)CC2)NC(=O)C2CCCCC2)cc1. The Kier molecular flexibility index (Phi) is 8.69. The fraction of sp³-hybridized carbons (Fsp3) is 0.536. The smallest absolute Gasteiger partial charge is 0.223 e. The molecule has 6 heteroatoms. The number of methoxy groups -OCH3 is 2. The fourth-order valence-corrected chi connectivity index (χ4v) is 5.27. The molecule has 1 N–H and O–H groups in total. The van der Waals surface area contributed by atoms with Gasteiger partial charge in [0.2, 0.25) is 5.91 Å². The van der Waals surface area contributed by atoms with Gasteiger partial charge in [-0.05, 0) is 49.1 Å². The van der Waals surface area contributed by atoms with E-state index in [1.54, 1.807) is 14.2 Å². The number of carbonyl (C=O) groups excluding carboxylic acids is 1. The largest absolute Gasteiger partial charge is 0.497 e. The number of carbonyl (C=O) groups is 1. The molecule has 34 heavy (non-hydrogen) atoms. The number of ether oxygens (including phenoxy) is 2. The van der Waals surface area contributed by atoms with Crippen molar-refractivity contribution >= 4 is 11.6 Å². The summed E-state index contributed by atoms with van der Waals surface area (Å²) in [5, 5.41) is 3.43. The zero-order valence-electron chi connectivity index (χ0n) is 20.7. The van der Waals surface area contributed by atoms with Gasteiger partial charge >= 0.3 is 0 Å². The molecular formula is C28H39N3O3. The van der Waals surface area contributed by atoms with E-state index in [2.05, 4.69) is 39.4 Å². The molecule has 0 spiro atoms. The van der Waals surface area contributed by atoms with E-state index in [0.717, 1.165) is 69.2 Å². The number of nitrogens with one attached hydrogen (secondary N) is 1. The van der Waals surface area contributed by atoms with Gasteiger partial charge in [-0.25, -0.2) is 0 Å².